The van der Waals surface area contributed by atoms with Gasteiger partial charge in [-0.2, -0.15) is 5.10 Å². The molecule has 0 aliphatic heterocycles. The van der Waals surface area contributed by atoms with Crippen LogP contribution >= 0.6 is 11.6 Å². The standard InChI is InChI=1S/C14H11ClN4O2/c1-21-14(20)9-2-3-16-12(5-9)8-19-7-10-4-11(15)6-17-13(10)18-19/h2-7H,8H2,1H3. The molecular weight excluding hydrogens is 292 g/mol. The van der Waals surface area contributed by atoms with Gasteiger partial charge in [-0.15, -0.1) is 0 Å². The number of hydrogen-bond donors (Lipinski definition) is 0. The first-order valence-electron chi connectivity index (χ1n) is 6.17. The first-order valence-corrected chi connectivity index (χ1v) is 6.55. The summed E-state index contributed by atoms with van der Waals surface area (Å²) >= 11 is 5.90. The maximum atomic E-state index is 11.5. The molecule has 3 rings (SSSR count). The van der Waals surface area contributed by atoms with Crippen molar-refractivity contribution in [1.82, 2.24) is 19.7 Å². The third kappa shape index (κ3) is 2.85. The van der Waals surface area contributed by atoms with Crippen LogP contribution < -0.4 is 0 Å². The normalized spacial score (nSPS) is 10.8. The highest BCUT2D eigenvalue weighted by atomic mass is 35.5. The lowest BCUT2D eigenvalue weighted by Crippen LogP contribution is -2.06. The van der Waals surface area contributed by atoms with Crippen LogP contribution in [0.2, 0.25) is 5.02 Å². The number of methoxy groups -OCH3 is 1. The van der Waals surface area contributed by atoms with Crippen LogP contribution in [0.3, 0.4) is 0 Å². The predicted molar refractivity (Wildman–Crippen MR) is 77.2 cm³/mol. The molecule has 7 heteroatoms. The SMILES string of the molecule is COC(=O)c1ccnc(Cn2cc3cc(Cl)cnc3n2)c1. The Morgan fingerprint density at radius 2 is 2.24 bits per heavy atom. The number of carbonyl (C=O) groups is 1. The minimum absolute atomic E-state index is 0.391. The third-order valence-corrected chi connectivity index (χ3v) is 3.14. The first-order chi connectivity index (χ1) is 10.2. The Morgan fingerprint density at radius 1 is 1.38 bits per heavy atom. The second-order valence-electron chi connectivity index (χ2n) is 4.42. The molecular formula is C14H11ClN4O2. The molecule has 0 bridgehead atoms. The van der Waals surface area contributed by atoms with E-state index in [-0.39, 0.29) is 0 Å². The van der Waals surface area contributed by atoms with Gasteiger partial charge in [0.25, 0.3) is 0 Å². The third-order valence-electron chi connectivity index (χ3n) is 2.93. The fourth-order valence-corrected chi connectivity index (χ4v) is 2.16. The number of esters is 1. The fraction of sp³-hybridized carbons (Fsp3) is 0.143. The van der Waals surface area contributed by atoms with Crippen molar-refractivity contribution < 1.29 is 9.53 Å². The molecule has 0 spiro atoms. The number of nitrogens with zero attached hydrogens (tertiary/aromatic N) is 4. The van der Waals surface area contributed by atoms with Crippen molar-refractivity contribution >= 4 is 28.6 Å². The van der Waals surface area contributed by atoms with Gasteiger partial charge in [-0.25, -0.2) is 9.78 Å². The molecule has 0 amide bonds. The Bertz CT molecular complexity index is 816. The maximum Gasteiger partial charge on any atom is 0.337 e. The largest absolute Gasteiger partial charge is 0.465 e. The zero-order valence-corrected chi connectivity index (χ0v) is 11.9. The van der Waals surface area contributed by atoms with Gasteiger partial charge >= 0.3 is 5.97 Å². The molecule has 0 aliphatic rings. The van der Waals surface area contributed by atoms with Crippen molar-refractivity contribution in [2.24, 2.45) is 0 Å². The second-order valence-corrected chi connectivity index (χ2v) is 4.86. The van der Waals surface area contributed by atoms with E-state index in [1.807, 2.05) is 6.20 Å². The van der Waals surface area contributed by atoms with Crippen LogP contribution in [0.25, 0.3) is 11.0 Å². The number of carbonyl (C=O) groups excluding carboxylic acids is 1. The Hall–Kier alpha value is -2.47. The van der Waals surface area contributed by atoms with E-state index in [1.54, 1.807) is 35.3 Å². The van der Waals surface area contributed by atoms with Crippen LogP contribution in [0, 0.1) is 0 Å². The number of halogens is 1. The Balaban J connectivity index is 1.89. The lowest BCUT2D eigenvalue weighted by Gasteiger charge is -2.03. The fourth-order valence-electron chi connectivity index (χ4n) is 1.99. The molecule has 0 aromatic carbocycles. The summed E-state index contributed by atoms with van der Waals surface area (Å²) in [6.07, 6.45) is 4.96. The number of hydrogen-bond acceptors (Lipinski definition) is 5. The van der Waals surface area contributed by atoms with Gasteiger partial charge in [0, 0.05) is 24.0 Å². The minimum atomic E-state index is -0.391. The van der Waals surface area contributed by atoms with Crippen molar-refractivity contribution in [3.8, 4) is 0 Å². The molecule has 0 radical (unpaired) electrons. The van der Waals surface area contributed by atoms with Crippen molar-refractivity contribution in [2.45, 2.75) is 6.54 Å². The molecule has 6 nitrogen and oxygen atoms in total. The molecule has 21 heavy (non-hydrogen) atoms. The number of pyridine rings is 2. The lowest BCUT2D eigenvalue weighted by molar-refractivity contribution is 0.0600. The lowest BCUT2D eigenvalue weighted by atomic mass is 10.2. The monoisotopic (exact) mass is 302 g/mol. The van der Waals surface area contributed by atoms with Crippen molar-refractivity contribution in [3.63, 3.8) is 0 Å². The Kier molecular flexibility index (Phi) is 3.53. The van der Waals surface area contributed by atoms with Gasteiger partial charge in [0.15, 0.2) is 5.65 Å². The highest BCUT2D eigenvalue weighted by molar-refractivity contribution is 6.31. The summed E-state index contributed by atoms with van der Waals surface area (Å²) in [7, 11) is 1.35. The van der Waals surface area contributed by atoms with Gasteiger partial charge in [-0.05, 0) is 18.2 Å². The van der Waals surface area contributed by atoms with E-state index < -0.39 is 5.97 Å². The topological polar surface area (TPSA) is 69.9 Å². The summed E-state index contributed by atoms with van der Waals surface area (Å²) in [6.45, 7) is 0.429. The van der Waals surface area contributed by atoms with E-state index in [0.29, 0.717) is 28.5 Å². The van der Waals surface area contributed by atoms with Crippen LogP contribution in [0.1, 0.15) is 16.1 Å². The highest BCUT2D eigenvalue weighted by Gasteiger charge is 2.08. The molecule has 0 saturated carbocycles. The number of rotatable bonds is 3. The zero-order chi connectivity index (χ0) is 14.8. The van der Waals surface area contributed by atoms with Crippen molar-refractivity contribution in [3.05, 3.63) is 53.1 Å². The molecule has 3 heterocycles. The van der Waals surface area contributed by atoms with Gasteiger partial charge in [-0.1, -0.05) is 11.6 Å². The van der Waals surface area contributed by atoms with Crippen molar-refractivity contribution in [2.75, 3.05) is 7.11 Å². The Morgan fingerprint density at radius 3 is 3.05 bits per heavy atom. The van der Waals surface area contributed by atoms with E-state index >= 15 is 0 Å². The molecule has 0 atom stereocenters. The van der Waals surface area contributed by atoms with Crippen LogP contribution in [0.5, 0.6) is 0 Å². The van der Waals surface area contributed by atoms with Gasteiger partial charge in [0.1, 0.15) is 0 Å². The summed E-state index contributed by atoms with van der Waals surface area (Å²) < 4.78 is 6.39. The van der Waals surface area contributed by atoms with E-state index in [4.69, 9.17) is 11.6 Å². The predicted octanol–water partition coefficient (Wildman–Crippen LogP) is 2.31. The van der Waals surface area contributed by atoms with Gasteiger partial charge in [0.2, 0.25) is 0 Å². The number of ether oxygens (including phenoxy) is 1. The Labute approximate surface area is 125 Å². The molecule has 3 aromatic heterocycles. The van der Waals surface area contributed by atoms with E-state index in [2.05, 4.69) is 19.8 Å². The van der Waals surface area contributed by atoms with Crippen LogP contribution in [-0.2, 0) is 11.3 Å². The average molecular weight is 303 g/mol. The van der Waals surface area contributed by atoms with E-state index in [9.17, 15) is 4.79 Å². The summed E-state index contributed by atoms with van der Waals surface area (Å²) in [5.74, 6) is -0.391. The molecule has 3 aromatic rings. The minimum Gasteiger partial charge on any atom is -0.465 e. The molecule has 0 saturated heterocycles. The first kappa shape index (κ1) is 13.5. The number of aromatic nitrogens is 4. The maximum absolute atomic E-state index is 11.5. The van der Waals surface area contributed by atoms with E-state index in [1.165, 1.54) is 7.11 Å². The smallest absolute Gasteiger partial charge is 0.337 e. The molecule has 0 fully saturated rings. The molecule has 0 unspecified atom stereocenters. The summed E-state index contributed by atoms with van der Waals surface area (Å²) in [6, 6.07) is 5.08. The molecule has 0 N–H and O–H groups in total. The quantitative estimate of drug-likeness (QED) is 0.694. The molecule has 106 valence electrons. The summed E-state index contributed by atoms with van der Waals surface area (Å²) in [5.41, 5.74) is 1.78. The van der Waals surface area contributed by atoms with Crippen molar-refractivity contribution in [1.29, 1.82) is 0 Å². The van der Waals surface area contributed by atoms with Gasteiger partial charge in [-0.3, -0.25) is 9.67 Å². The summed E-state index contributed by atoms with van der Waals surface area (Å²) in [5, 5.41) is 5.75. The average Bonchev–Trinajstić information content (AvgIpc) is 2.88. The van der Waals surface area contributed by atoms with Crippen LogP contribution in [-0.4, -0.2) is 32.8 Å². The van der Waals surface area contributed by atoms with Crippen LogP contribution in [0.15, 0.2) is 36.8 Å². The van der Waals surface area contributed by atoms with Gasteiger partial charge in [0.05, 0.1) is 29.9 Å². The second kappa shape index (κ2) is 5.49. The zero-order valence-electron chi connectivity index (χ0n) is 11.2. The summed E-state index contributed by atoms with van der Waals surface area (Å²) in [4.78, 5) is 19.9. The highest BCUT2D eigenvalue weighted by Crippen LogP contribution is 2.15. The van der Waals surface area contributed by atoms with Crippen LogP contribution in [0.4, 0.5) is 0 Å². The van der Waals surface area contributed by atoms with Gasteiger partial charge < -0.3 is 4.74 Å². The molecule has 0 aliphatic carbocycles. The van der Waals surface area contributed by atoms with E-state index in [0.717, 1.165) is 5.39 Å². The number of fused-ring (bicyclic) bond motifs is 1.